The van der Waals surface area contributed by atoms with E-state index in [1.807, 2.05) is 10.3 Å². The van der Waals surface area contributed by atoms with Gasteiger partial charge in [-0.05, 0) is 31.2 Å². The maximum atomic E-state index is 12.1. The molecule has 10 heteroatoms. The van der Waals surface area contributed by atoms with Crippen molar-refractivity contribution in [1.29, 1.82) is 0 Å². The largest absolute Gasteiger partial charge is 0.481 e. The van der Waals surface area contributed by atoms with E-state index in [1.54, 1.807) is 30.3 Å². The molecule has 0 saturated heterocycles. The fourth-order valence-corrected chi connectivity index (χ4v) is 2.63. The van der Waals surface area contributed by atoms with Crippen LogP contribution in [0.1, 0.15) is 6.92 Å². The molecule has 132 valence electrons. The van der Waals surface area contributed by atoms with Gasteiger partial charge in [-0.1, -0.05) is 18.2 Å². The highest BCUT2D eigenvalue weighted by Crippen LogP contribution is 2.15. The van der Waals surface area contributed by atoms with E-state index in [9.17, 15) is 23.3 Å². The van der Waals surface area contributed by atoms with Crippen LogP contribution in [-0.4, -0.2) is 25.4 Å². The van der Waals surface area contributed by atoms with E-state index < -0.39 is 27.0 Å². The number of nitro benzene ring substituents is 1. The van der Waals surface area contributed by atoms with Gasteiger partial charge < -0.3 is 4.74 Å². The Morgan fingerprint density at radius 3 is 2.28 bits per heavy atom. The lowest BCUT2D eigenvalue weighted by Crippen LogP contribution is -2.47. The third kappa shape index (κ3) is 4.99. The van der Waals surface area contributed by atoms with Gasteiger partial charge in [-0.15, -0.1) is 4.83 Å². The topological polar surface area (TPSA) is 128 Å². The first-order valence-corrected chi connectivity index (χ1v) is 8.56. The van der Waals surface area contributed by atoms with Gasteiger partial charge >= 0.3 is 0 Å². The number of sulfonamides is 1. The zero-order valence-corrected chi connectivity index (χ0v) is 13.9. The second-order valence-electron chi connectivity index (χ2n) is 4.92. The molecule has 0 radical (unpaired) electrons. The molecule has 0 aliphatic carbocycles. The molecule has 9 nitrogen and oxygen atoms in total. The summed E-state index contributed by atoms with van der Waals surface area (Å²) >= 11 is 0. The van der Waals surface area contributed by atoms with Gasteiger partial charge in [-0.25, -0.2) is 8.42 Å². The minimum absolute atomic E-state index is 0.227. The number of rotatable bonds is 7. The summed E-state index contributed by atoms with van der Waals surface area (Å²) in [6.45, 7) is 1.46. The lowest BCUT2D eigenvalue weighted by Gasteiger charge is -2.15. The number of hydrogen-bond acceptors (Lipinski definition) is 6. The van der Waals surface area contributed by atoms with E-state index in [-0.39, 0.29) is 10.6 Å². The Hall–Kier alpha value is -2.98. The molecular formula is C15H15N3O6S. The van der Waals surface area contributed by atoms with Crippen LogP contribution in [0.4, 0.5) is 5.69 Å². The van der Waals surface area contributed by atoms with Crippen molar-refractivity contribution in [3.05, 3.63) is 64.7 Å². The average Bonchev–Trinajstić information content (AvgIpc) is 2.60. The van der Waals surface area contributed by atoms with Crippen LogP contribution in [0.3, 0.4) is 0 Å². The Morgan fingerprint density at radius 1 is 1.12 bits per heavy atom. The number of nitrogens with one attached hydrogen (secondary N) is 2. The number of nitrogens with zero attached hydrogens (tertiary/aromatic N) is 1. The van der Waals surface area contributed by atoms with Crippen LogP contribution in [0, 0.1) is 10.1 Å². The molecule has 1 amide bonds. The smallest absolute Gasteiger partial charge is 0.275 e. The average molecular weight is 365 g/mol. The highest BCUT2D eigenvalue weighted by Gasteiger charge is 2.20. The molecule has 2 rings (SSSR count). The first-order chi connectivity index (χ1) is 11.8. The van der Waals surface area contributed by atoms with Gasteiger partial charge in [0, 0.05) is 12.1 Å². The Kier molecular flexibility index (Phi) is 5.67. The van der Waals surface area contributed by atoms with Crippen molar-refractivity contribution in [2.75, 3.05) is 0 Å². The number of amides is 1. The number of carbonyl (C=O) groups excluding carboxylic acids is 1. The number of carbonyl (C=O) groups is 1. The van der Waals surface area contributed by atoms with E-state index in [4.69, 9.17) is 4.74 Å². The maximum absolute atomic E-state index is 12.1. The molecule has 0 fully saturated rings. The Bertz CT molecular complexity index is 853. The zero-order valence-electron chi connectivity index (χ0n) is 13.1. The van der Waals surface area contributed by atoms with Crippen LogP contribution in [0.15, 0.2) is 59.5 Å². The van der Waals surface area contributed by atoms with Crippen LogP contribution < -0.4 is 15.0 Å². The molecule has 0 unspecified atom stereocenters. The summed E-state index contributed by atoms with van der Waals surface area (Å²) in [6, 6.07) is 12.8. The predicted molar refractivity (Wildman–Crippen MR) is 88.1 cm³/mol. The zero-order chi connectivity index (χ0) is 18.4. The molecule has 25 heavy (non-hydrogen) atoms. The van der Waals surface area contributed by atoms with Crippen LogP contribution in [-0.2, 0) is 14.8 Å². The lowest BCUT2D eigenvalue weighted by atomic mass is 10.3. The molecule has 0 bridgehead atoms. The second kappa shape index (κ2) is 7.73. The van der Waals surface area contributed by atoms with E-state index in [2.05, 4.69) is 0 Å². The normalized spacial score (nSPS) is 12.2. The first kappa shape index (κ1) is 18.4. The monoisotopic (exact) mass is 365 g/mol. The molecule has 0 saturated carbocycles. The first-order valence-electron chi connectivity index (χ1n) is 7.07. The summed E-state index contributed by atoms with van der Waals surface area (Å²) in [6.07, 6.45) is -0.943. The molecule has 0 aliphatic heterocycles. The van der Waals surface area contributed by atoms with E-state index >= 15 is 0 Å². The third-order valence-corrected chi connectivity index (χ3v) is 4.36. The Labute approximate surface area is 143 Å². The Morgan fingerprint density at radius 2 is 1.72 bits per heavy atom. The van der Waals surface area contributed by atoms with Crippen molar-refractivity contribution in [2.45, 2.75) is 17.9 Å². The van der Waals surface area contributed by atoms with Crippen LogP contribution in [0.5, 0.6) is 5.75 Å². The lowest BCUT2D eigenvalue weighted by molar-refractivity contribution is -0.384. The minimum Gasteiger partial charge on any atom is -0.481 e. The van der Waals surface area contributed by atoms with E-state index in [0.29, 0.717) is 5.75 Å². The maximum Gasteiger partial charge on any atom is 0.275 e. The predicted octanol–water partition coefficient (Wildman–Crippen LogP) is 1.37. The van der Waals surface area contributed by atoms with Crippen LogP contribution in [0.25, 0.3) is 0 Å². The number of benzene rings is 2. The summed E-state index contributed by atoms with van der Waals surface area (Å²) in [5, 5.41) is 10.6. The molecule has 0 spiro atoms. The Balaban J connectivity index is 1.96. The molecule has 0 aliphatic rings. The molecule has 2 aromatic carbocycles. The number of nitro groups is 1. The van der Waals surface area contributed by atoms with Crippen molar-refractivity contribution in [3.63, 3.8) is 0 Å². The molecule has 0 heterocycles. The highest BCUT2D eigenvalue weighted by atomic mass is 32.2. The fraction of sp³-hybridized carbons (Fsp3) is 0.133. The molecular weight excluding hydrogens is 350 g/mol. The van der Waals surface area contributed by atoms with Gasteiger partial charge in [-0.3, -0.25) is 20.3 Å². The number of hydrogen-bond donors (Lipinski definition) is 2. The highest BCUT2D eigenvalue weighted by molar-refractivity contribution is 7.89. The fourth-order valence-electron chi connectivity index (χ4n) is 1.78. The molecule has 2 aromatic rings. The summed E-state index contributed by atoms with van der Waals surface area (Å²) in [5.74, 6) is -0.238. The van der Waals surface area contributed by atoms with Gasteiger partial charge in [0.2, 0.25) is 0 Å². The standard InChI is InChI=1S/C15H15N3O6S/c1-11(24-13-5-3-2-4-6-13)15(19)16-17-25(22,23)14-9-7-12(8-10-14)18(20)21/h2-11,17H,1H3,(H,16,19)/t11-/m1/s1. The third-order valence-electron chi connectivity index (χ3n) is 3.09. The summed E-state index contributed by atoms with van der Waals surface area (Å²) in [7, 11) is -4.06. The SMILES string of the molecule is C[C@@H](Oc1ccccc1)C(=O)NNS(=O)(=O)c1ccc([N+](=O)[O-])cc1. The summed E-state index contributed by atoms with van der Waals surface area (Å²) < 4.78 is 29.5. The van der Waals surface area contributed by atoms with Gasteiger partial charge in [0.25, 0.3) is 21.6 Å². The number of para-hydroxylation sites is 1. The quantitative estimate of drug-likeness (QED) is 0.563. The van der Waals surface area contributed by atoms with Gasteiger partial charge in [0.05, 0.1) is 9.82 Å². The van der Waals surface area contributed by atoms with Crippen molar-refractivity contribution in [3.8, 4) is 5.75 Å². The van der Waals surface area contributed by atoms with Crippen molar-refractivity contribution >= 4 is 21.6 Å². The molecule has 1 atom stereocenters. The van der Waals surface area contributed by atoms with E-state index in [0.717, 1.165) is 24.3 Å². The van der Waals surface area contributed by atoms with Crippen LogP contribution in [0.2, 0.25) is 0 Å². The second-order valence-corrected chi connectivity index (χ2v) is 6.60. The summed E-state index contributed by atoms with van der Waals surface area (Å²) in [4.78, 5) is 23.5. The number of hydrazine groups is 1. The number of non-ortho nitro benzene ring substituents is 1. The van der Waals surface area contributed by atoms with Gasteiger partial charge in [0.15, 0.2) is 6.10 Å². The van der Waals surface area contributed by atoms with Gasteiger partial charge in [-0.2, -0.15) is 0 Å². The van der Waals surface area contributed by atoms with Crippen molar-refractivity contribution < 1.29 is 22.9 Å². The minimum atomic E-state index is -4.06. The van der Waals surface area contributed by atoms with Crippen LogP contribution >= 0.6 is 0 Å². The number of ether oxygens (including phenoxy) is 1. The van der Waals surface area contributed by atoms with Gasteiger partial charge in [0.1, 0.15) is 5.75 Å². The van der Waals surface area contributed by atoms with Crippen molar-refractivity contribution in [2.24, 2.45) is 0 Å². The van der Waals surface area contributed by atoms with Crippen molar-refractivity contribution in [1.82, 2.24) is 10.3 Å². The molecule has 2 N–H and O–H groups in total. The van der Waals surface area contributed by atoms with E-state index in [1.165, 1.54) is 6.92 Å². The summed E-state index contributed by atoms with van der Waals surface area (Å²) in [5.41, 5.74) is 1.80. The molecule has 0 aromatic heterocycles.